The van der Waals surface area contributed by atoms with Crippen molar-refractivity contribution in [2.24, 2.45) is 5.73 Å². The largest absolute Gasteiger partial charge is 0.351 e. The number of rotatable bonds is 6. The summed E-state index contributed by atoms with van der Waals surface area (Å²) in [6.45, 7) is 4.20. The average molecular weight is 324 g/mol. The molecule has 0 bridgehead atoms. The maximum Gasteiger partial charge on any atom is 0.176 e. The molecule has 2 N–H and O–H groups in total. The first-order valence-corrected chi connectivity index (χ1v) is 6.44. The summed E-state index contributed by atoms with van der Waals surface area (Å²) in [7, 11) is 0. The third-order valence-electron chi connectivity index (χ3n) is 2.37. The molecule has 0 saturated heterocycles. The second-order valence-corrected chi connectivity index (χ2v) is 4.42. The predicted molar refractivity (Wildman–Crippen MR) is 68.0 cm³/mol. The smallest absolute Gasteiger partial charge is 0.176 e. The highest BCUT2D eigenvalue weighted by Crippen LogP contribution is 2.28. The third-order valence-corrected chi connectivity index (χ3v) is 2.98. The van der Waals surface area contributed by atoms with E-state index >= 15 is 0 Å². The van der Waals surface area contributed by atoms with Crippen LogP contribution in [0.1, 0.15) is 25.5 Å². The minimum absolute atomic E-state index is 0.154. The van der Waals surface area contributed by atoms with E-state index in [1.165, 1.54) is 6.07 Å². The minimum Gasteiger partial charge on any atom is -0.351 e. The van der Waals surface area contributed by atoms with Crippen molar-refractivity contribution in [2.75, 3.05) is 13.2 Å². The van der Waals surface area contributed by atoms with Crippen molar-refractivity contribution in [3.63, 3.8) is 0 Å². The molecule has 1 aromatic carbocycles. The Bertz CT molecular complexity index is 398. The van der Waals surface area contributed by atoms with Gasteiger partial charge in [-0.15, -0.1) is 0 Å². The van der Waals surface area contributed by atoms with Crippen molar-refractivity contribution < 1.29 is 18.3 Å². The molecule has 1 unspecified atom stereocenters. The number of halogens is 3. The Morgan fingerprint density at radius 2 is 1.78 bits per heavy atom. The number of hydrogen-bond donors (Lipinski definition) is 1. The number of benzene rings is 1. The second kappa shape index (κ2) is 7.13. The zero-order valence-electron chi connectivity index (χ0n) is 10.3. The summed E-state index contributed by atoms with van der Waals surface area (Å²) in [5.41, 5.74) is 5.59. The van der Waals surface area contributed by atoms with Crippen molar-refractivity contribution >= 4 is 15.9 Å². The van der Waals surface area contributed by atoms with E-state index in [9.17, 15) is 8.78 Å². The molecule has 0 heterocycles. The lowest BCUT2D eigenvalue weighted by Crippen LogP contribution is -2.33. The summed E-state index contributed by atoms with van der Waals surface area (Å²) in [6, 6.07) is 1.41. The van der Waals surface area contributed by atoms with Crippen LogP contribution in [0.3, 0.4) is 0 Å². The standard InChI is InChI=1S/C12H16BrF2NO2/c1-3-17-12(18-4-2)11(16)9-8(14)6-5-7(13)10(9)15/h5-6,11-12H,3-4,16H2,1-2H3. The maximum atomic E-state index is 13.9. The van der Waals surface area contributed by atoms with Crippen LogP contribution in [-0.2, 0) is 9.47 Å². The molecule has 3 nitrogen and oxygen atoms in total. The van der Waals surface area contributed by atoms with E-state index in [0.29, 0.717) is 13.2 Å². The lowest BCUT2D eigenvalue weighted by atomic mass is 10.1. The van der Waals surface area contributed by atoms with Gasteiger partial charge in [-0.2, -0.15) is 0 Å². The Labute approximate surface area is 113 Å². The highest BCUT2D eigenvalue weighted by Gasteiger charge is 2.27. The van der Waals surface area contributed by atoms with Crippen molar-refractivity contribution in [1.29, 1.82) is 0 Å². The van der Waals surface area contributed by atoms with Gasteiger partial charge in [-0.05, 0) is 41.9 Å². The normalized spacial score (nSPS) is 13.1. The van der Waals surface area contributed by atoms with Crippen molar-refractivity contribution in [3.05, 3.63) is 33.8 Å². The van der Waals surface area contributed by atoms with Crippen LogP contribution in [-0.4, -0.2) is 19.5 Å². The Morgan fingerprint density at radius 1 is 1.22 bits per heavy atom. The van der Waals surface area contributed by atoms with Crippen LogP contribution in [0, 0.1) is 11.6 Å². The molecule has 0 fully saturated rings. The molecule has 18 heavy (non-hydrogen) atoms. The Kier molecular flexibility index (Phi) is 6.14. The summed E-state index contributed by atoms with van der Waals surface area (Å²) in [4.78, 5) is 0. The van der Waals surface area contributed by atoms with Crippen LogP contribution in [0.15, 0.2) is 16.6 Å². The zero-order valence-corrected chi connectivity index (χ0v) is 11.8. The van der Waals surface area contributed by atoms with Gasteiger partial charge in [0.15, 0.2) is 6.29 Å². The molecule has 6 heteroatoms. The fourth-order valence-electron chi connectivity index (χ4n) is 1.57. The highest BCUT2D eigenvalue weighted by atomic mass is 79.9. The third kappa shape index (κ3) is 3.47. The first kappa shape index (κ1) is 15.5. The van der Waals surface area contributed by atoms with Crippen LogP contribution in [0.2, 0.25) is 0 Å². The Morgan fingerprint density at radius 3 is 2.28 bits per heavy atom. The van der Waals surface area contributed by atoms with Gasteiger partial charge in [-0.3, -0.25) is 0 Å². The van der Waals surface area contributed by atoms with Crippen LogP contribution >= 0.6 is 15.9 Å². The molecule has 0 saturated carbocycles. The fraction of sp³-hybridized carbons (Fsp3) is 0.500. The molecular weight excluding hydrogens is 308 g/mol. The van der Waals surface area contributed by atoms with Crippen molar-refractivity contribution in [2.45, 2.75) is 26.2 Å². The van der Waals surface area contributed by atoms with Gasteiger partial charge >= 0.3 is 0 Å². The van der Waals surface area contributed by atoms with E-state index in [1.807, 2.05) is 0 Å². The molecule has 1 atom stereocenters. The van der Waals surface area contributed by atoms with Gasteiger partial charge in [0.05, 0.1) is 10.5 Å². The fourth-order valence-corrected chi connectivity index (χ4v) is 1.91. The summed E-state index contributed by atoms with van der Waals surface area (Å²) < 4.78 is 38.2. The molecular formula is C12H16BrF2NO2. The molecule has 0 amide bonds. The predicted octanol–water partition coefficient (Wildman–Crippen LogP) is 3.13. The van der Waals surface area contributed by atoms with E-state index in [-0.39, 0.29) is 10.0 Å². The highest BCUT2D eigenvalue weighted by molar-refractivity contribution is 9.10. The second-order valence-electron chi connectivity index (χ2n) is 3.56. The van der Waals surface area contributed by atoms with E-state index in [4.69, 9.17) is 15.2 Å². The number of hydrogen-bond acceptors (Lipinski definition) is 3. The van der Waals surface area contributed by atoms with Gasteiger partial charge in [0.2, 0.25) is 0 Å². The van der Waals surface area contributed by atoms with Crippen LogP contribution < -0.4 is 5.73 Å². The van der Waals surface area contributed by atoms with Crippen molar-refractivity contribution in [1.82, 2.24) is 0 Å². The maximum absolute atomic E-state index is 13.9. The molecule has 0 aliphatic heterocycles. The zero-order chi connectivity index (χ0) is 13.7. The van der Waals surface area contributed by atoms with E-state index in [0.717, 1.165) is 6.07 Å². The Hall–Kier alpha value is -0.560. The van der Waals surface area contributed by atoms with E-state index < -0.39 is 24.0 Å². The van der Waals surface area contributed by atoms with Gasteiger partial charge in [0.1, 0.15) is 11.6 Å². The topological polar surface area (TPSA) is 44.5 Å². The SMILES string of the molecule is CCOC(OCC)C(N)c1c(F)ccc(Br)c1F. The van der Waals surface area contributed by atoms with Gasteiger partial charge in [-0.25, -0.2) is 8.78 Å². The lowest BCUT2D eigenvalue weighted by molar-refractivity contribution is -0.150. The van der Waals surface area contributed by atoms with Gasteiger partial charge in [-0.1, -0.05) is 0 Å². The van der Waals surface area contributed by atoms with Gasteiger partial charge in [0.25, 0.3) is 0 Å². The molecule has 0 spiro atoms. The average Bonchev–Trinajstić information content (AvgIpc) is 2.34. The molecule has 1 aromatic rings. The van der Waals surface area contributed by atoms with Gasteiger partial charge < -0.3 is 15.2 Å². The summed E-state index contributed by atoms with van der Waals surface area (Å²) in [6.07, 6.45) is -0.877. The molecule has 1 rings (SSSR count). The first-order valence-electron chi connectivity index (χ1n) is 5.65. The van der Waals surface area contributed by atoms with Crippen LogP contribution in [0.4, 0.5) is 8.78 Å². The monoisotopic (exact) mass is 323 g/mol. The number of ether oxygens (including phenoxy) is 2. The lowest BCUT2D eigenvalue weighted by Gasteiger charge is -2.24. The molecule has 0 radical (unpaired) electrons. The van der Waals surface area contributed by atoms with Crippen LogP contribution in [0.5, 0.6) is 0 Å². The van der Waals surface area contributed by atoms with E-state index in [2.05, 4.69) is 15.9 Å². The quantitative estimate of drug-likeness (QED) is 0.646. The summed E-state index contributed by atoms with van der Waals surface area (Å²) >= 11 is 3.00. The summed E-state index contributed by atoms with van der Waals surface area (Å²) in [5, 5.41) is 0. The minimum atomic E-state index is -1.03. The van der Waals surface area contributed by atoms with E-state index in [1.54, 1.807) is 13.8 Å². The summed E-state index contributed by atoms with van der Waals surface area (Å²) in [5.74, 6) is -1.44. The Balaban J connectivity index is 3.07. The van der Waals surface area contributed by atoms with Crippen molar-refractivity contribution in [3.8, 4) is 0 Å². The van der Waals surface area contributed by atoms with Crippen LogP contribution in [0.25, 0.3) is 0 Å². The first-order chi connectivity index (χ1) is 8.52. The molecule has 102 valence electrons. The molecule has 0 aliphatic rings. The molecule has 0 aromatic heterocycles. The van der Waals surface area contributed by atoms with Gasteiger partial charge in [0, 0.05) is 18.8 Å². The number of nitrogens with two attached hydrogens (primary N) is 1. The molecule has 0 aliphatic carbocycles.